The van der Waals surface area contributed by atoms with Crippen LogP contribution in [0, 0.1) is 0 Å². The van der Waals surface area contributed by atoms with E-state index in [9.17, 15) is 4.79 Å². The molecule has 2 aliphatic heterocycles. The summed E-state index contributed by atoms with van der Waals surface area (Å²) in [5, 5.41) is 0. The predicted octanol–water partition coefficient (Wildman–Crippen LogP) is 1.08. The number of amides is 2. The zero-order valence-corrected chi connectivity index (χ0v) is 10.3. The number of benzene rings is 1. The summed E-state index contributed by atoms with van der Waals surface area (Å²) in [5.41, 5.74) is 8.67. The Hall–Kier alpha value is -1.75. The lowest BCUT2D eigenvalue weighted by molar-refractivity contribution is 0.0550. The molecule has 2 heterocycles. The van der Waals surface area contributed by atoms with Gasteiger partial charge in [0.1, 0.15) is 0 Å². The molecule has 2 amide bonds. The van der Waals surface area contributed by atoms with Crippen LogP contribution in [-0.4, -0.2) is 43.8 Å². The maximum Gasteiger partial charge on any atom is 0.324 e. The van der Waals surface area contributed by atoms with Crippen LogP contribution < -0.4 is 10.6 Å². The van der Waals surface area contributed by atoms with Gasteiger partial charge in [0.2, 0.25) is 0 Å². The highest BCUT2D eigenvalue weighted by molar-refractivity contribution is 5.94. The smallest absolute Gasteiger partial charge is 0.324 e. The summed E-state index contributed by atoms with van der Waals surface area (Å²) in [5.74, 6) is 0. The number of anilines is 2. The van der Waals surface area contributed by atoms with Crippen LogP contribution in [0.2, 0.25) is 0 Å². The molecule has 18 heavy (non-hydrogen) atoms. The minimum atomic E-state index is 0.0719. The molecule has 0 spiro atoms. The van der Waals surface area contributed by atoms with Crippen molar-refractivity contribution < 1.29 is 9.53 Å². The first kappa shape index (κ1) is 11.3. The largest absolute Gasteiger partial charge is 0.399 e. The molecule has 0 unspecified atom stereocenters. The number of ether oxygens (including phenoxy) is 1. The summed E-state index contributed by atoms with van der Waals surface area (Å²) in [7, 11) is 0. The topological polar surface area (TPSA) is 58.8 Å². The number of carbonyl (C=O) groups is 1. The summed E-state index contributed by atoms with van der Waals surface area (Å²) < 4.78 is 5.27. The van der Waals surface area contributed by atoms with Crippen LogP contribution in [0.3, 0.4) is 0 Å². The molecule has 5 nitrogen and oxygen atoms in total. The van der Waals surface area contributed by atoms with Crippen LogP contribution in [0.25, 0.3) is 0 Å². The zero-order chi connectivity index (χ0) is 12.5. The average molecular weight is 247 g/mol. The Morgan fingerprint density at radius 2 is 2.00 bits per heavy atom. The fraction of sp³-hybridized carbons (Fsp3) is 0.462. The molecule has 0 atom stereocenters. The zero-order valence-electron chi connectivity index (χ0n) is 10.3. The molecule has 2 aliphatic rings. The van der Waals surface area contributed by atoms with Crippen molar-refractivity contribution >= 4 is 17.4 Å². The molecule has 0 aromatic heterocycles. The van der Waals surface area contributed by atoms with Gasteiger partial charge >= 0.3 is 6.03 Å². The van der Waals surface area contributed by atoms with Crippen molar-refractivity contribution in [2.45, 2.75) is 6.42 Å². The number of rotatable bonds is 0. The Balaban J connectivity index is 1.82. The summed E-state index contributed by atoms with van der Waals surface area (Å²) in [6.07, 6.45) is 0.908. The monoisotopic (exact) mass is 247 g/mol. The molecule has 1 aromatic carbocycles. The molecule has 0 aliphatic carbocycles. The van der Waals surface area contributed by atoms with Crippen LogP contribution in [-0.2, 0) is 11.2 Å². The van der Waals surface area contributed by atoms with Gasteiger partial charge < -0.3 is 15.4 Å². The molecular weight excluding hydrogens is 230 g/mol. The number of fused-ring (bicyclic) bond motifs is 1. The van der Waals surface area contributed by atoms with Gasteiger partial charge in [-0.15, -0.1) is 0 Å². The Kier molecular flexibility index (Phi) is 2.83. The molecule has 0 bridgehead atoms. The van der Waals surface area contributed by atoms with E-state index in [0.717, 1.165) is 18.7 Å². The minimum Gasteiger partial charge on any atom is -0.399 e. The van der Waals surface area contributed by atoms with Crippen LogP contribution in [0.4, 0.5) is 16.2 Å². The number of morpholine rings is 1. The maximum absolute atomic E-state index is 12.4. The summed E-state index contributed by atoms with van der Waals surface area (Å²) >= 11 is 0. The van der Waals surface area contributed by atoms with Crippen molar-refractivity contribution in [3.05, 3.63) is 23.8 Å². The van der Waals surface area contributed by atoms with Gasteiger partial charge in [-0.2, -0.15) is 0 Å². The second kappa shape index (κ2) is 4.49. The van der Waals surface area contributed by atoms with E-state index in [1.54, 1.807) is 0 Å². The highest BCUT2D eigenvalue weighted by atomic mass is 16.5. The molecule has 96 valence electrons. The molecule has 1 fully saturated rings. The van der Waals surface area contributed by atoms with Crippen LogP contribution in [0.15, 0.2) is 18.2 Å². The van der Waals surface area contributed by atoms with E-state index < -0.39 is 0 Å². The minimum absolute atomic E-state index is 0.0719. The molecular formula is C13H17N3O2. The maximum atomic E-state index is 12.4. The average Bonchev–Trinajstić information content (AvgIpc) is 2.82. The van der Waals surface area contributed by atoms with E-state index >= 15 is 0 Å². The normalized spacial score (nSPS) is 18.9. The van der Waals surface area contributed by atoms with Gasteiger partial charge in [0.25, 0.3) is 0 Å². The van der Waals surface area contributed by atoms with Crippen LogP contribution in [0.1, 0.15) is 5.56 Å². The Labute approximate surface area is 106 Å². The van der Waals surface area contributed by atoms with Crippen LogP contribution >= 0.6 is 0 Å². The first-order valence-corrected chi connectivity index (χ1v) is 6.28. The molecule has 3 rings (SSSR count). The van der Waals surface area contributed by atoms with Gasteiger partial charge in [-0.05, 0) is 24.1 Å². The van der Waals surface area contributed by atoms with E-state index in [1.807, 2.05) is 28.0 Å². The molecule has 0 saturated carbocycles. The number of urea groups is 1. The van der Waals surface area contributed by atoms with E-state index in [0.29, 0.717) is 32.0 Å². The van der Waals surface area contributed by atoms with Crippen molar-refractivity contribution in [2.24, 2.45) is 0 Å². The van der Waals surface area contributed by atoms with E-state index in [-0.39, 0.29) is 6.03 Å². The number of hydrogen-bond acceptors (Lipinski definition) is 3. The highest BCUT2D eigenvalue weighted by Crippen LogP contribution is 2.30. The van der Waals surface area contributed by atoms with Gasteiger partial charge in [-0.3, -0.25) is 4.90 Å². The van der Waals surface area contributed by atoms with E-state index in [1.165, 1.54) is 5.56 Å². The number of nitrogen functional groups attached to an aromatic ring is 1. The summed E-state index contributed by atoms with van der Waals surface area (Å²) in [6, 6.07) is 5.86. The fourth-order valence-electron chi connectivity index (χ4n) is 2.52. The first-order valence-electron chi connectivity index (χ1n) is 6.28. The molecule has 2 N–H and O–H groups in total. The Morgan fingerprint density at radius 3 is 2.78 bits per heavy atom. The van der Waals surface area contributed by atoms with Crippen molar-refractivity contribution in [3.8, 4) is 0 Å². The fourth-order valence-corrected chi connectivity index (χ4v) is 2.52. The molecule has 5 heteroatoms. The first-order chi connectivity index (χ1) is 8.75. The number of carbonyl (C=O) groups excluding carboxylic acids is 1. The van der Waals surface area contributed by atoms with Gasteiger partial charge in [0, 0.05) is 25.3 Å². The SMILES string of the molecule is Nc1ccc2c(c1)N(C(=O)N1CCOCC1)CC2. The van der Waals surface area contributed by atoms with E-state index in [2.05, 4.69) is 0 Å². The third kappa shape index (κ3) is 1.90. The van der Waals surface area contributed by atoms with Crippen LogP contribution in [0.5, 0.6) is 0 Å². The third-order valence-corrected chi connectivity index (χ3v) is 3.52. The van der Waals surface area contributed by atoms with Gasteiger partial charge in [-0.25, -0.2) is 4.79 Å². The van der Waals surface area contributed by atoms with Gasteiger partial charge in [-0.1, -0.05) is 6.07 Å². The van der Waals surface area contributed by atoms with Crippen molar-refractivity contribution in [3.63, 3.8) is 0 Å². The van der Waals surface area contributed by atoms with Crippen molar-refractivity contribution in [1.82, 2.24) is 4.90 Å². The van der Waals surface area contributed by atoms with Gasteiger partial charge in [0.05, 0.1) is 18.9 Å². The van der Waals surface area contributed by atoms with Gasteiger partial charge in [0.15, 0.2) is 0 Å². The predicted molar refractivity (Wildman–Crippen MR) is 69.7 cm³/mol. The quantitative estimate of drug-likeness (QED) is 0.698. The third-order valence-electron chi connectivity index (χ3n) is 3.52. The standard InChI is InChI=1S/C13H17N3O2/c14-11-2-1-10-3-4-16(12(10)9-11)13(17)15-5-7-18-8-6-15/h1-2,9H,3-8,14H2. The molecule has 1 saturated heterocycles. The number of hydrogen-bond donors (Lipinski definition) is 1. The summed E-state index contributed by atoms with van der Waals surface area (Å²) in [4.78, 5) is 16.1. The molecule has 1 aromatic rings. The summed E-state index contributed by atoms with van der Waals surface area (Å²) in [6.45, 7) is 3.35. The Bertz CT molecular complexity index is 469. The number of nitrogens with zero attached hydrogens (tertiary/aromatic N) is 2. The lowest BCUT2D eigenvalue weighted by Gasteiger charge is -2.31. The second-order valence-electron chi connectivity index (χ2n) is 4.67. The van der Waals surface area contributed by atoms with E-state index in [4.69, 9.17) is 10.5 Å². The lowest BCUT2D eigenvalue weighted by Crippen LogP contribution is -2.47. The molecule has 0 radical (unpaired) electrons. The van der Waals surface area contributed by atoms with Crippen molar-refractivity contribution in [1.29, 1.82) is 0 Å². The number of nitrogens with two attached hydrogens (primary N) is 1. The van der Waals surface area contributed by atoms with Crippen molar-refractivity contribution in [2.75, 3.05) is 43.5 Å². The lowest BCUT2D eigenvalue weighted by atomic mass is 10.1. The second-order valence-corrected chi connectivity index (χ2v) is 4.67. The Morgan fingerprint density at radius 1 is 1.22 bits per heavy atom. The highest BCUT2D eigenvalue weighted by Gasteiger charge is 2.29.